The minimum absolute atomic E-state index is 0.120. The first-order valence-corrected chi connectivity index (χ1v) is 6.77. The van der Waals surface area contributed by atoms with Crippen molar-refractivity contribution >= 4 is 5.97 Å². The summed E-state index contributed by atoms with van der Waals surface area (Å²) in [6.07, 6.45) is 6.56. The van der Waals surface area contributed by atoms with Crippen molar-refractivity contribution in [2.45, 2.75) is 44.1 Å². The van der Waals surface area contributed by atoms with Gasteiger partial charge in [-0.2, -0.15) is 0 Å². The maximum atomic E-state index is 11.1. The van der Waals surface area contributed by atoms with Gasteiger partial charge in [-0.25, -0.2) is 4.79 Å². The van der Waals surface area contributed by atoms with E-state index in [1.165, 1.54) is 19.3 Å². The summed E-state index contributed by atoms with van der Waals surface area (Å²) >= 11 is 0. The zero-order valence-electron chi connectivity index (χ0n) is 11.1. The van der Waals surface area contributed by atoms with Crippen LogP contribution in [0, 0.1) is 0 Å². The van der Waals surface area contributed by atoms with Crippen molar-refractivity contribution in [3.8, 4) is 11.5 Å². The Kier molecular flexibility index (Phi) is 2.88. The van der Waals surface area contributed by atoms with Crippen molar-refractivity contribution in [3.63, 3.8) is 0 Å². The Labute approximate surface area is 112 Å². The van der Waals surface area contributed by atoms with Crippen LogP contribution in [0.25, 0.3) is 0 Å². The van der Waals surface area contributed by atoms with Crippen molar-refractivity contribution in [3.05, 3.63) is 23.3 Å². The van der Waals surface area contributed by atoms with E-state index < -0.39 is 5.97 Å². The highest BCUT2D eigenvalue weighted by atomic mass is 16.5. The zero-order valence-corrected chi connectivity index (χ0v) is 11.1. The van der Waals surface area contributed by atoms with Crippen LogP contribution in [0.4, 0.5) is 0 Å². The Hall–Kier alpha value is -1.71. The Morgan fingerprint density at radius 1 is 1.32 bits per heavy atom. The summed E-state index contributed by atoms with van der Waals surface area (Å²) < 4.78 is 11.5. The SMILES string of the molecule is COc1cc(C(=O)O)cc2c1CC1(CCCCC1)O2. The van der Waals surface area contributed by atoms with Gasteiger partial charge < -0.3 is 14.6 Å². The minimum Gasteiger partial charge on any atom is -0.496 e. The molecular formula is C15H18O4. The van der Waals surface area contributed by atoms with Gasteiger partial charge in [-0.3, -0.25) is 0 Å². The number of rotatable bonds is 2. The molecule has 4 nitrogen and oxygen atoms in total. The van der Waals surface area contributed by atoms with E-state index in [4.69, 9.17) is 14.6 Å². The van der Waals surface area contributed by atoms with Crippen LogP contribution in [0.5, 0.6) is 11.5 Å². The number of hydrogen-bond donors (Lipinski definition) is 1. The molecule has 1 N–H and O–H groups in total. The molecule has 1 saturated carbocycles. The topological polar surface area (TPSA) is 55.8 Å². The van der Waals surface area contributed by atoms with Gasteiger partial charge in [0.15, 0.2) is 0 Å². The molecule has 1 aliphatic carbocycles. The lowest BCUT2D eigenvalue weighted by atomic mass is 9.82. The molecule has 0 radical (unpaired) electrons. The summed E-state index contributed by atoms with van der Waals surface area (Å²) in [5.41, 5.74) is 1.13. The fourth-order valence-electron chi connectivity index (χ4n) is 3.26. The van der Waals surface area contributed by atoms with E-state index >= 15 is 0 Å². The highest BCUT2D eigenvalue weighted by Crippen LogP contribution is 2.47. The molecule has 1 heterocycles. The number of carboxylic acids is 1. The number of carbonyl (C=O) groups is 1. The summed E-state index contributed by atoms with van der Waals surface area (Å²) in [6, 6.07) is 3.22. The molecule has 1 aromatic rings. The van der Waals surface area contributed by atoms with E-state index in [-0.39, 0.29) is 11.2 Å². The largest absolute Gasteiger partial charge is 0.496 e. The number of fused-ring (bicyclic) bond motifs is 1. The molecule has 102 valence electrons. The van der Waals surface area contributed by atoms with E-state index in [1.807, 2.05) is 0 Å². The van der Waals surface area contributed by atoms with Gasteiger partial charge in [-0.1, -0.05) is 6.42 Å². The molecule has 1 spiro atoms. The van der Waals surface area contributed by atoms with Crippen LogP contribution in [-0.2, 0) is 6.42 Å². The molecule has 0 atom stereocenters. The number of carboxylic acid groups (broad SMARTS) is 1. The zero-order chi connectivity index (χ0) is 13.5. The summed E-state index contributed by atoms with van der Waals surface area (Å²) in [5, 5.41) is 9.13. The molecule has 3 rings (SSSR count). The number of hydrogen-bond acceptors (Lipinski definition) is 3. The van der Waals surface area contributed by atoms with Crippen LogP contribution in [0.3, 0.4) is 0 Å². The Bertz CT molecular complexity index is 515. The second-order valence-corrected chi connectivity index (χ2v) is 5.48. The summed E-state index contributed by atoms with van der Waals surface area (Å²) in [7, 11) is 1.58. The van der Waals surface area contributed by atoms with E-state index in [2.05, 4.69) is 0 Å². The smallest absolute Gasteiger partial charge is 0.335 e. The van der Waals surface area contributed by atoms with Crippen molar-refractivity contribution < 1.29 is 19.4 Å². The van der Waals surface area contributed by atoms with Crippen LogP contribution < -0.4 is 9.47 Å². The first-order chi connectivity index (χ1) is 9.13. The van der Waals surface area contributed by atoms with Gasteiger partial charge in [0.2, 0.25) is 0 Å². The van der Waals surface area contributed by atoms with Gasteiger partial charge >= 0.3 is 5.97 Å². The number of methoxy groups -OCH3 is 1. The maximum absolute atomic E-state index is 11.1. The van der Waals surface area contributed by atoms with Crippen LogP contribution in [0.1, 0.15) is 48.0 Å². The highest BCUT2D eigenvalue weighted by Gasteiger charge is 2.42. The van der Waals surface area contributed by atoms with Crippen molar-refractivity contribution in [2.75, 3.05) is 7.11 Å². The van der Waals surface area contributed by atoms with Gasteiger partial charge in [-0.15, -0.1) is 0 Å². The lowest BCUT2D eigenvalue weighted by molar-refractivity contribution is 0.0524. The maximum Gasteiger partial charge on any atom is 0.335 e. The lowest BCUT2D eigenvalue weighted by Crippen LogP contribution is -2.36. The normalized spacial score (nSPS) is 19.8. The van der Waals surface area contributed by atoms with Gasteiger partial charge in [0, 0.05) is 12.0 Å². The Balaban J connectivity index is 1.99. The molecule has 1 aromatic carbocycles. The number of ether oxygens (including phenoxy) is 2. The predicted molar refractivity (Wildman–Crippen MR) is 70.1 cm³/mol. The van der Waals surface area contributed by atoms with E-state index in [0.717, 1.165) is 24.8 Å². The molecule has 2 aliphatic rings. The molecule has 4 heteroatoms. The predicted octanol–water partition coefficient (Wildman–Crippen LogP) is 3.03. The number of aromatic carboxylic acids is 1. The Morgan fingerprint density at radius 2 is 2.05 bits per heavy atom. The molecule has 0 saturated heterocycles. The summed E-state index contributed by atoms with van der Waals surface area (Å²) in [6.45, 7) is 0. The third-order valence-corrected chi connectivity index (χ3v) is 4.23. The first kappa shape index (κ1) is 12.3. The van der Waals surface area contributed by atoms with Gasteiger partial charge in [0.05, 0.1) is 12.7 Å². The van der Waals surface area contributed by atoms with Gasteiger partial charge in [-0.05, 0) is 37.8 Å². The molecule has 0 bridgehead atoms. The van der Waals surface area contributed by atoms with Gasteiger partial charge in [0.25, 0.3) is 0 Å². The van der Waals surface area contributed by atoms with Crippen LogP contribution in [-0.4, -0.2) is 23.8 Å². The molecule has 1 aliphatic heterocycles. The fraction of sp³-hybridized carbons (Fsp3) is 0.533. The van der Waals surface area contributed by atoms with Crippen molar-refractivity contribution in [2.24, 2.45) is 0 Å². The molecular weight excluding hydrogens is 244 g/mol. The van der Waals surface area contributed by atoms with E-state index in [1.54, 1.807) is 19.2 Å². The van der Waals surface area contributed by atoms with E-state index in [9.17, 15) is 4.79 Å². The standard InChI is InChI=1S/C15H18O4/c1-18-12-7-10(14(16)17)8-13-11(12)9-15(19-13)5-3-2-4-6-15/h7-8H,2-6,9H2,1H3,(H,16,17). The Morgan fingerprint density at radius 3 is 2.68 bits per heavy atom. The van der Waals surface area contributed by atoms with Crippen LogP contribution in [0.15, 0.2) is 12.1 Å². The van der Waals surface area contributed by atoms with Crippen LogP contribution in [0.2, 0.25) is 0 Å². The molecule has 0 unspecified atom stereocenters. The monoisotopic (exact) mass is 262 g/mol. The fourth-order valence-corrected chi connectivity index (χ4v) is 3.26. The van der Waals surface area contributed by atoms with Gasteiger partial charge in [0.1, 0.15) is 17.1 Å². The second kappa shape index (κ2) is 4.44. The molecule has 19 heavy (non-hydrogen) atoms. The third-order valence-electron chi connectivity index (χ3n) is 4.23. The first-order valence-electron chi connectivity index (χ1n) is 6.77. The van der Waals surface area contributed by atoms with Crippen LogP contribution >= 0.6 is 0 Å². The minimum atomic E-state index is -0.950. The quantitative estimate of drug-likeness (QED) is 0.890. The number of benzene rings is 1. The van der Waals surface area contributed by atoms with Crippen molar-refractivity contribution in [1.29, 1.82) is 0 Å². The molecule has 1 fully saturated rings. The average Bonchev–Trinajstić information content (AvgIpc) is 2.75. The third kappa shape index (κ3) is 2.05. The second-order valence-electron chi connectivity index (χ2n) is 5.48. The molecule has 0 amide bonds. The van der Waals surface area contributed by atoms with Crippen molar-refractivity contribution in [1.82, 2.24) is 0 Å². The molecule has 0 aromatic heterocycles. The van der Waals surface area contributed by atoms with E-state index in [0.29, 0.717) is 11.5 Å². The summed E-state index contributed by atoms with van der Waals surface area (Å²) in [4.78, 5) is 11.1. The average molecular weight is 262 g/mol. The highest BCUT2D eigenvalue weighted by molar-refractivity contribution is 5.89. The summed E-state index contributed by atoms with van der Waals surface area (Å²) in [5.74, 6) is 0.380. The lowest BCUT2D eigenvalue weighted by Gasteiger charge is -2.32.